The van der Waals surface area contributed by atoms with Crippen LogP contribution in [0, 0.1) is 6.92 Å². The lowest BCUT2D eigenvalue weighted by Crippen LogP contribution is -2.21. The van der Waals surface area contributed by atoms with Gasteiger partial charge in [-0.1, -0.05) is 31.5 Å². The van der Waals surface area contributed by atoms with Crippen LogP contribution in [0.25, 0.3) is 0 Å². The summed E-state index contributed by atoms with van der Waals surface area (Å²) >= 11 is 0. The second kappa shape index (κ2) is 14.5. The molecule has 7 nitrogen and oxygen atoms in total. The summed E-state index contributed by atoms with van der Waals surface area (Å²) < 4.78 is 35.3. The third-order valence-corrected chi connectivity index (χ3v) is 7.47. The summed E-state index contributed by atoms with van der Waals surface area (Å²) in [6.45, 7) is 7.99. The first-order chi connectivity index (χ1) is 20.7. The number of nitrogens with two attached hydrogens (primary N) is 1. The molecule has 4 aromatic rings. The van der Waals surface area contributed by atoms with E-state index < -0.39 is 5.41 Å². The van der Waals surface area contributed by atoms with Crippen LogP contribution < -0.4 is 15.2 Å². The van der Waals surface area contributed by atoms with Crippen LogP contribution in [0.15, 0.2) is 72.8 Å². The molecule has 0 aliphatic heterocycles. The first-order valence-electron chi connectivity index (χ1n) is 14.3. The molecule has 0 unspecified atom stereocenters. The maximum Gasteiger partial charge on any atom is 0.138 e. The van der Waals surface area contributed by atoms with Crippen molar-refractivity contribution in [3.8, 4) is 23.0 Å². The minimum Gasteiger partial charge on any atom is -0.457 e. The average molecular weight is 586 g/mol. The fourth-order valence-electron chi connectivity index (χ4n) is 5.09. The van der Waals surface area contributed by atoms with Crippen molar-refractivity contribution in [3.63, 3.8) is 0 Å². The minimum atomic E-state index is -0.419. The summed E-state index contributed by atoms with van der Waals surface area (Å²) in [6, 6.07) is 24.0. The van der Waals surface area contributed by atoms with E-state index >= 15 is 0 Å². The van der Waals surface area contributed by atoms with E-state index in [1.807, 2.05) is 48.5 Å². The zero-order chi connectivity index (χ0) is 31.0. The minimum absolute atomic E-state index is 0.373. The lowest BCUT2D eigenvalue weighted by atomic mass is 9.76. The molecule has 7 heteroatoms. The van der Waals surface area contributed by atoms with E-state index in [0.29, 0.717) is 37.9 Å². The van der Waals surface area contributed by atoms with Crippen molar-refractivity contribution in [2.45, 2.75) is 52.6 Å². The molecule has 4 aromatic carbocycles. The Bertz CT molecular complexity index is 1330. The predicted octanol–water partition coefficient (Wildman–Crippen LogP) is 8.07. The van der Waals surface area contributed by atoms with Gasteiger partial charge >= 0.3 is 0 Å². The number of anilines is 1. The van der Waals surface area contributed by atoms with Crippen LogP contribution in [-0.4, -0.2) is 28.4 Å². The highest BCUT2D eigenvalue weighted by Gasteiger charge is 2.29. The number of methoxy groups -OCH3 is 4. The summed E-state index contributed by atoms with van der Waals surface area (Å²) in [5.41, 5.74) is 13.2. The van der Waals surface area contributed by atoms with Crippen molar-refractivity contribution in [1.29, 1.82) is 0 Å². The highest BCUT2D eigenvalue weighted by atomic mass is 16.5. The van der Waals surface area contributed by atoms with Crippen molar-refractivity contribution in [2.75, 3.05) is 34.2 Å². The number of rotatable bonds is 14. The number of hydrogen-bond donors (Lipinski definition) is 1. The maximum absolute atomic E-state index is 6.44. The lowest BCUT2D eigenvalue weighted by molar-refractivity contribution is 0.174. The van der Waals surface area contributed by atoms with Gasteiger partial charge in [-0.2, -0.15) is 0 Å². The Morgan fingerprint density at radius 2 is 0.860 bits per heavy atom. The Labute approximate surface area is 255 Å². The monoisotopic (exact) mass is 585 g/mol. The number of benzene rings is 4. The molecule has 228 valence electrons. The molecule has 0 saturated carbocycles. The second-order valence-corrected chi connectivity index (χ2v) is 11.2. The standard InChI is InChI=1S/C36H43NO6/c1-24-8-12-32(13-9-24)42-34-25(20-38-4)16-29(17-26(34)21-39-5)36(2,3)30-18-27(22-40-6)35(28(19-30)23-41-7)43-33-14-10-31(37)11-15-33/h8-19H,20-23,37H2,1-7H3. The van der Waals surface area contributed by atoms with Gasteiger partial charge in [0.05, 0.1) is 26.4 Å². The van der Waals surface area contributed by atoms with Crippen molar-refractivity contribution in [2.24, 2.45) is 0 Å². The summed E-state index contributed by atoms with van der Waals surface area (Å²) in [7, 11) is 6.75. The van der Waals surface area contributed by atoms with Gasteiger partial charge in [-0.05, 0) is 78.7 Å². The molecule has 0 aliphatic rings. The molecule has 43 heavy (non-hydrogen) atoms. The molecule has 0 fully saturated rings. The maximum atomic E-state index is 6.44. The van der Waals surface area contributed by atoms with Crippen LogP contribution >= 0.6 is 0 Å². The van der Waals surface area contributed by atoms with Gasteiger partial charge in [0, 0.05) is 61.8 Å². The highest BCUT2D eigenvalue weighted by Crippen LogP contribution is 2.42. The van der Waals surface area contributed by atoms with Gasteiger partial charge in [0.2, 0.25) is 0 Å². The van der Waals surface area contributed by atoms with Gasteiger partial charge in [-0.15, -0.1) is 0 Å². The number of aryl methyl sites for hydroxylation is 1. The molecule has 0 heterocycles. The first-order valence-corrected chi connectivity index (χ1v) is 14.3. The summed E-state index contributed by atoms with van der Waals surface area (Å²) in [6.07, 6.45) is 0. The van der Waals surface area contributed by atoms with Crippen molar-refractivity contribution >= 4 is 5.69 Å². The summed E-state index contributed by atoms with van der Waals surface area (Å²) in [4.78, 5) is 0. The van der Waals surface area contributed by atoms with Crippen LogP contribution in [0.3, 0.4) is 0 Å². The molecule has 0 bridgehead atoms. The van der Waals surface area contributed by atoms with Crippen molar-refractivity contribution in [3.05, 3.63) is 112 Å². The average Bonchev–Trinajstić information content (AvgIpc) is 2.98. The summed E-state index contributed by atoms with van der Waals surface area (Å²) in [5, 5.41) is 0. The Hall–Kier alpha value is -3.88. The molecule has 2 N–H and O–H groups in total. The molecule has 0 saturated heterocycles. The molecule has 0 spiro atoms. The second-order valence-electron chi connectivity index (χ2n) is 11.2. The zero-order valence-corrected chi connectivity index (χ0v) is 26.3. The summed E-state index contributed by atoms with van der Waals surface area (Å²) in [5.74, 6) is 2.92. The zero-order valence-electron chi connectivity index (χ0n) is 26.3. The van der Waals surface area contributed by atoms with Crippen molar-refractivity contribution in [1.82, 2.24) is 0 Å². The molecular weight excluding hydrogens is 542 g/mol. The molecular formula is C36H43NO6. The van der Waals surface area contributed by atoms with Crippen molar-refractivity contribution < 1.29 is 28.4 Å². The van der Waals surface area contributed by atoms with Gasteiger partial charge in [0.25, 0.3) is 0 Å². The molecule has 0 atom stereocenters. The number of hydrogen-bond acceptors (Lipinski definition) is 7. The van der Waals surface area contributed by atoms with Crippen LogP contribution in [0.5, 0.6) is 23.0 Å². The first kappa shape index (κ1) is 32.0. The van der Waals surface area contributed by atoms with Gasteiger partial charge in [-0.25, -0.2) is 0 Å². The Kier molecular flexibility index (Phi) is 10.8. The third kappa shape index (κ3) is 7.75. The largest absolute Gasteiger partial charge is 0.457 e. The number of ether oxygens (including phenoxy) is 6. The van der Waals surface area contributed by atoms with Gasteiger partial charge in [-0.3, -0.25) is 0 Å². The molecule has 0 amide bonds. The molecule has 0 aliphatic carbocycles. The predicted molar refractivity (Wildman–Crippen MR) is 170 cm³/mol. The third-order valence-electron chi connectivity index (χ3n) is 7.47. The van der Waals surface area contributed by atoms with Crippen LogP contribution in [0.2, 0.25) is 0 Å². The van der Waals surface area contributed by atoms with Crippen LogP contribution in [0.4, 0.5) is 5.69 Å². The van der Waals surface area contributed by atoms with Crippen LogP contribution in [-0.2, 0) is 50.8 Å². The van der Waals surface area contributed by atoms with E-state index in [2.05, 4.69) is 45.0 Å². The molecule has 4 rings (SSSR count). The van der Waals surface area contributed by atoms with Gasteiger partial charge in [0.1, 0.15) is 23.0 Å². The fourth-order valence-corrected chi connectivity index (χ4v) is 5.09. The topological polar surface area (TPSA) is 81.4 Å². The van der Waals surface area contributed by atoms with E-state index in [1.165, 1.54) is 5.56 Å². The lowest BCUT2D eigenvalue weighted by Gasteiger charge is -2.30. The Morgan fingerprint density at radius 3 is 1.19 bits per heavy atom. The van der Waals surface area contributed by atoms with Crippen LogP contribution in [0.1, 0.15) is 52.8 Å². The fraction of sp³-hybridized carbons (Fsp3) is 0.333. The van der Waals surface area contributed by atoms with E-state index in [4.69, 9.17) is 34.2 Å². The number of nitrogen functional groups attached to an aromatic ring is 1. The normalized spacial score (nSPS) is 11.5. The molecule has 0 radical (unpaired) electrons. The smallest absolute Gasteiger partial charge is 0.138 e. The van der Waals surface area contributed by atoms with E-state index in [1.54, 1.807) is 28.4 Å². The van der Waals surface area contributed by atoms with E-state index in [0.717, 1.165) is 50.6 Å². The Morgan fingerprint density at radius 1 is 0.535 bits per heavy atom. The highest BCUT2D eigenvalue weighted by molar-refractivity contribution is 5.55. The Balaban J connectivity index is 1.82. The van der Waals surface area contributed by atoms with E-state index in [9.17, 15) is 0 Å². The molecule has 0 aromatic heterocycles. The van der Waals surface area contributed by atoms with E-state index in [-0.39, 0.29) is 0 Å². The van der Waals surface area contributed by atoms with Gasteiger partial charge in [0.15, 0.2) is 0 Å². The van der Waals surface area contributed by atoms with Gasteiger partial charge < -0.3 is 34.2 Å². The quantitative estimate of drug-likeness (QED) is 0.150. The SMILES string of the molecule is COCc1cc(C(C)(C)c2cc(COC)c(Oc3ccc(N)cc3)c(COC)c2)cc(COC)c1Oc1ccc(C)cc1.